The highest BCUT2D eigenvalue weighted by molar-refractivity contribution is 6.27. The summed E-state index contributed by atoms with van der Waals surface area (Å²) in [6.45, 7) is 4.29. The molecule has 0 saturated carbocycles. The van der Waals surface area contributed by atoms with Crippen LogP contribution in [0.15, 0.2) is 97.1 Å². The molecule has 0 fully saturated rings. The molecule has 0 atom stereocenters. The first-order valence-electron chi connectivity index (χ1n) is 10.5. The lowest BCUT2D eigenvalue weighted by atomic mass is 9.84. The van der Waals surface area contributed by atoms with Gasteiger partial charge < -0.3 is 0 Å². The molecule has 30 heavy (non-hydrogen) atoms. The highest BCUT2D eigenvalue weighted by Gasteiger charge is 2.17. The first kappa shape index (κ1) is 17.2. The van der Waals surface area contributed by atoms with Crippen molar-refractivity contribution in [1.82, 2.24) is 0 Å². The summed E-state index contributed by atoms with van der Waals surface area (Å²) >= 11 is 0. The number of hydrogen-bond donors (Lipinski definition) is 0. The predicted molar refractivity (Wildman–Crippen MR) is 130 cm³/mol. The van der Waals surface area contributed by atoms with Gasteiger partial charge in [0.25, 0.3) is 0 Å². The van der Waals surface area contributed by atoms with Gasteiger partial charge in [-0.1, -0.05) is 102 Å². The van der Waals surface area contributed by atoms with Gasteiger partial charge in [-0.3, -0.25) is 0 Å². The fourth-order valence-corrected chi connectivity index (χ4v) is 4.80. The monoisotopic (exact) mass is 382 g/mol. The summed E-state index contributed by atoms with van der Waals surface area (Å²) < 4.78 is 0. The molecule has 0 amide bonds. The van der Waals surface area contributed by atoms with Gasteiger partial charge in [-0.25, -0.2) is 0 Å². The summed E-state index contributed by atoms with van der Waals surface area (Å²) in [5.74, 6) is 0. The van der Waals surface area contributed by atoms with Gasteiger partial charge >= 0.3 is 0 Å². The van der Waals surface area contributed by atoms with E-state index >= 15 is 0 Å². The molecule has 0 aliphatic rings. The summed E-state index contributed by atoms with van der Waals surface area (Å²) in [6.07, 6.45) is 0. The van der Waals surface area contributed by atoms with Crippen LogP contribution in [0.25, 0.3) is 54.6 Å². The van der Waals surface area contributed by atoms with Crippen LogP contribution in [0.3, 0.4) is 0 Å². The van der Waals surface area contributed by atoms with E-state index in [2.05, 4.69) is 111 Å². The SMILES string of the molecule is Cc1ccc(-c2cc3ccc4cccc5ccc(c2-c2ccc(C)cc2)c3c45)cc1. The molecule has 6 rings (SSSR count). The molecule has 6 aromatic carbocycles. The van der Waals surface area contributed by atoms with Gasteiger partial charge in [0, 0.05) is 0 Å². The predicted octanol–water partition coefficient (Wildman–Crippen LogP) is 8.53. The molecule has 0 radical (unpaired) electrons. The van der Waals surface area contributed by atoms with E-state index in [1.54, 1.807) is 0 Å². The molecule has 0 spiro atoms. The van der Waals surface area contributed by atoms with Gasteiger partial charge in [0.15, 0.2) is 0 Å². The van der Waals surface area contributed by atoms with Crippen molar-refractivity contribution >= 4 is 32.3 Å². The van der Waals surface area contributed by atoms with E-state index in [0.717, 1.165) is 0 Å². The maximum Gasteiger partial charge on any atom is -0.00201 e. The van der Waals surface area contributed by atoms with Gasteiger partial charge in [-0.05, 0) is 74.5 Å². The van der Waals surface area contributed by atoms with Crippen molar-refractivity contribution in [3.05, 3.63) is 108 Å². The molecule has 142 valence electrons. The van der Waals surface area contributed by atoms with Gasteiger partial charge in [0.1, 0.15) is 0 Å². The van der Waals surface area contributed by atoms with Crippen molar-refractivity contribution in [2.45, 2.75) is 13.8 Å². The van der Waals surface area contributed by atoms with Gasteiger partial charge in [-0.2, -0.15) is 0 Å². The minimum absolute atomic E-state index is 1.27. The average molecular weight is 383 g/mol. The zero-order valence-electron chi connectivity index (χ0n) is 17.2. The molecule has 6 aromatic rings. The summed E-state index contributed by atoms with van der Waals surface area (Å²) in [4.78, 5) is 0. The molecule has 0 aliphatic heterocycles. The minimum Gasteiger partial charge on any atom is -0.0610 e. The van der Waals surface area contributed by atoms with Crippen molar-refractivity contribution in [3.8, 4) is 22.3 Å². The quantitative estimate of drug-likeness (QED) is 0.263. The Morgan fingerprint density at radius 2 is 1.03 bits per heavy atom. The minimum atomic E-state index is 1.27. The Labute approximate surface area is 176 Å². The van der Waals surface area contributed by atoms with E-state index in [1.165, 1.54) is 65.7 Å². The number of rotatable bonds is 2. The van der Waals surface area contributed by atoms with Gasteiger partial charge in [0.2, 0.25) is 0 Å². The van der Waals surface area contributed by atoms with Crippen LogP contribution in [-0.2, 0) is 0 Å². The molecule has 0 saturated heterocycles. The Bertz CT molecular complexity index is 1500. The first-order valence-corrected chi connectivity index (χ1v) is 10.5. The lowest BCUT2D eigenvalue weighted by molar-refractivity contribution is 1.46. The van der Waals surface area contributed by atoms with Crippen LogP contribution in [-0.4, -0.2) is 0 Å². The number of hydrogen-bond acceptors (Lipinski definition) is 0. The van der Waals surface area contributed by atoms with E-state index in [1.807, 2.05) is 0 Å². The Balaban J connectivity index is 1.81. The third-order valence-electron chi connectivity index (χ3n) is 6.35. The standard InChI is InChI=1S/C30H22/c1-19-6-10-21(11-7-19)27-18-25-15-14-22-4-3-5-23-16-17-26(30(25)28(22)23)29(27)24-12-8-20(2)9-13-24/h3-18H,1-2H3. The fraction of sp³-hybridized carbons (Fsp3) is 0.0667. The molecule has 0 unspecified atom stereocenters. The molecule has 0 heteroatoms. The third-order valence-corrected chi connectivity index (χ3v) is 6.35. The lowest BCUT2D eigenvalue weighted by Gasteiger charge is -2.19. The molecule has 0 aromatic heterocycles. The molecular formula is C30H22. The smallest absolute Gasteiger partial charge is 0.00201 e. The van der Waals surface area contributed by atoms with Crippen LogP contribution in [0, 0.1) is 13.8 Å². The zero-order valence-corrected chi connectivity index (χ0v) is 17.2. The van der Waals surface area contributed by atoms with Crippen LogP contribution in [0.4, 0.5) is 0 Å². The van der Waals surface area contributed by atoms with E-state index in [4.69, 9.17) is 0 Å². The van der Waals surface area contributed by atoms with Gasteiger partial charge in [0.05, 0.1) is 0 Å². The third kappa shape index (κ3) is 2.54. The van der Waals surface area contributed by atoms with Crippen molar-refractivity contribution in [2.75, 3.05) is 0 Å². The second-order valence-electron chi connectivity index (χ2n) is 8.39. The number of aryl methyl sites for hydroxylation is 2. The Morgan fingerprint density at radius 1 is 0.467 bits per heavy atom. The highest BCUT2D eigenvalue weighted by atomic mass is 14.2. The van der Waals surface area contributed by atoms with Crippen molar-refractivity contribution in [1.29, 1.82) is 0 Å². The molecule has 0 N–H and O–H groups in total. The fourth-order valence-electron chi connectivity index (χ4n) is 4.80. The summed E-state index contributed by atoms with van der Waals surface area (Å²) in [5.41, 5.74) is 7.73. The van der Waals surface area contributed by atoms with E-state index < -0.39 is 0 Å². The van der Waals surface area contributed by atoms with Crippen LogP contribution < -0.4 is 0 Å². The van der Waals surface area contributed by atoms with Crippen LogP contribution >= 0.6 is 0 Å². The van der Waals surface area contributed by atoms with Crippen LogP contribution in [0.2, 0.25) is 0 Å². The Kier molecular flexibility index (Phi) is 3.70. The molecule has 0 bridgehead atoms. The average Bonchev–Trinajstić information content (AvgIpc) is 2.78. The summed E-state index contributed by atoms with van der Waals surface area (Å²) in [5, 5.41) is 8.00. The molecule has 0 heterocycles. The Hall–Kier alpha value is -3.64. The largest absolute Gasteiger partial charge is 0.0610 e. The summed E-state index contributed by atoms with van der Waals surface area (Å²) in [7, 11) is 0. The lowest BCUT2D eigenvalue weighted by Crippen LogP contribution is -1.92. The molecular weight excluding hydrogens is 360 g/mol. The van der Waals surface area contributed by atoms with Crippen molar-refractivity contribution < 1.29 is 0 Å². The van der Waals surface area contributed by atoms with E-state index in [9.17, 15) is 0 Å². The first-order chi connectivity index (χ1) is 14.7. The van der Waals surface area contributed by atoms with E-state index in [-0.39, 0.29) is 0 Å². The maximum absolute atomic E-state index is 2.38. The second-order valence-corrected chi connectivity index (χ2v) is 8.39. The van der Waals surface area contributed by atoms with Crippen LogP contribution in [0.1, 0.15) is 11.1 Å². The molecule has 0 aliphatic carbocycles. The zero-order chi connectivity index (χ0) is 20.2. The van der Waals surface area contributed by atoms with E-state index in [0.29, 0.717) is 0 Å². The molecule has 0 nitrogen and oxygen atoms in total. The maximum atomic E-state index is 2.38. The van der Waals surface area contributed by atoms with Crippen molar-refractivity contribution in [3.63, 3.8) is 0 Å². The normalized spacial score (nSPS) is 11.7. The highest BCUT2D eigenvalue weighted by Crippen LogP contribution is 2.44. The number of benzene rings is 6. The van der Waals surface area contributed by atoms with Gasteiger partial charge in [-0.15, -0.1) is 0 Å². The second kappa shape index (κ2) is 6.43. The van der Waals surface area contributed by atoms with Crippen LogP contribution in [0.5, 0.6) is 0 Å². The van der Waals surface area contributed by atoms with Crippen molar-refractivity contribution in [2.24, 2.45) is 0 Å². The topological polar surface area (TPSA) is 0 Å². The summed E-state index contributed by atoms with van der Waals surface area (Å²) in [6, 6.07) is 36.0. The Morgan fingerprint density at radius 3 is 1.70 bits per heavy atom.